The molecule has 6 heteroatoms. The van der Waals surface area contributed by atoms with Gasteiger partial charge in [-0.25, -0.2) is 4.79 Å². The summed E-state index contributed by atoms with van der Waals surface area (Å²) >= 11 is 0. The van der Waals surface area contributed by atoms with E-state index in [4.69, 9.17) is 0 Å². The molecule has 1 aliphatic rings. The average Bonchev–Trinajstić information content (AvgIpc) is 2.82. The number of benzene rings is 1. The van der Waals surface area contributed by atoms with Crippen LogP contribution in [0.3, 0.4) is 0 Å². The van der Waals surface area contributed by atoms with Crippen LogP contribution in [-0.4, -0.2) is 49.4 Å². The number of methoxy groups -OCH3 is 1. The van der Waals surface area contributed by atoms with Crippen LogP contribution in [0.15, 0.2) is 24.3 Å². The molecule has 0 aliphatic carbocycles. The summed E-state index contributed by atoms with van der Waals surface area (Å²) in [7, 11) is 1.32. The minimum Gasteiger partial charge on any atom is -0.465 e. The first-order chi connectivity index (χ1) is 11.6. The van der Waals surface area contributed by atoms with Crippen LogP contribution in [0.2, 0.25) is 0 Å². The fourth-order valence-corrected chi connectivity index (χ4v) is 2.72. The maximum atomic E-state index is 12.1. The SMILES string of the molecule is COC(=O)c1ccc(C(=O)NCCCN2CCCCCC2=O)cc1. The Balaban J connectivity index is 1.74. The van der Waals surface area contributed by atoms with Crippen molar-refractivity contribution in [3.63, 3.8) is 0 Å². The highest BCUT2D eigenvalue weighted by Crippen LogP contribution is 2.11. The third kappa shape index (κ3) is 5.08. The zero-order valence-corrected chi connectivity index (χ0v) is 14.0. The molecule has 6 nitrogen and oxygen atoms in total. The van der Waals surface area contributed by atoms with Gasteiger partial charge in [-0.3, -0.25) is 9.59 Å². The molecule has 1 heterocycles. The monoisotopic (exact) mass is 332 g/mol. The molecule has 0 atom stereocenters. The Hall–Kier alpha value is -2.37. The zero-order chi connectivity index (χ0) is 17.4. The number of rotatable bonds is 6. The van der Waals surface area contributed by atoms with Gasteiger partial charge in [-0.1, -0.05) is 6.42 Å². The topological polar surface area (TPSA) is 75.7 Å². The first-order valence-corrected chi connectivity index (χ1v) is 8.36. The maximum absolute atomic E-state index is 12.1. The number of carbonyl (C=O) groups excluding carboxylic acids is 3. The van der Waals surface area contributed by atoms with Crippen LogP contribution < -0.4 is 5.32 Å². The second-order valence-corrected chi connectivity index (χ2v) is 5.87. The lowest BCUT2D eigenvalue weighted by Crippen LogP contribution is -2.34. The van der Waals surface area contributed by atoms with Crippen molar-refractivity contribution < 1.29 is 19.1 Å². The van der Waals surface area contributed by atoms with Crippen molar-refractivity contribution in [1.29, 1.82) is 0 Å². The molecule has 1 fully saturated rings. The molecule has 0 saturated carbocycles. The molecular weight excluding hydrogens is 308 g/mol. The maximum Gasteiger partial charge on any atom is 0.337 e. The van der Waals surface area contributed by atoms with Crippen molar-refractivity contribution >= 4 is 17.8 Å². The summed E-state index contributed by atoms with van der Waals surface area (Å²) in [5.41, 5.74) is 0.905. The summed E-state index contributed by atoms with van der Waals surface area (Å²) in [4.78, 5) is 37.2. The number of ether oxygens (including phenoxy) is 1. The minimum atomic E-state index is -0.427. The largest absolute Gasteiger partial charge is 0.465 e. The zero-order valence-electron chi connectivity index (χ0n) is 14.0. The molecule has 0 spiro atoms. The molecule has 1 N–H and O–H groups in total. The second-order valence-electron chi connectivity index (χ2n) is 5.87. The van der Waals surface area contributed by atoms with Gasteiger partial charge in [0, 0.05) is 31.6 Å². The Kier molecular flexibility index (Phi) is 6.78. The Bertz CT molecular complexity index is 583. The van der Waals surface area contributed by atoms with Gasteiger partial charge in [0.25, 0.3) is 5.91 Å². The molecule has 2 rings (SSSR count). The Morgan fingerprint density at radius 1 is 1.12 bits per heavy atom. The van der Waals surface area contributed by atoms with Gasteiger partial charge in [-0.15, -0.1) is 0 Å². The summed E-state index contributed by atoms with van der Waals surface area (Å²) in [5.74, 6) is -0.394. The quantitative estimate of drug-likeness (QED) is 0.638. The summed E-state index contributed by atoms with van der Waals surface area (Å²) in [6.45, 7) is 2.02. The van der Waals surface area contributed by atoms with E-state index in [-0.39, 0.29) is 11.8 Å². The molecule has 1 saturated heterocycles. The summed E-state index contributed by atoms with van der Waals surface area (Å²) in [5, 5.41) is 2.84. The summed E-state index contributed by atoms with van der Waals surface area (Å²) in [6, 6.07) is 6.33. The Labute approximate surface area is 142 Å². The van der Waals surface area contributed by atoms with Gasteiger partial charge in [0.2, 0.25) is 5.91 Å². The van der Waals surface area contributed by atoms with Crippen LogP contribution in [0.5, 0.6) is 0 Å². The normalized spacial score (nSPS) is 14.9. The van der Waals surface area contributed by atoms with E-state index >= 15 is 0 Å². The molecule has 130 valence electrons. The molecule has 1 aliphatic heterocycles. The van der Waals surface area contributed by atoms with Gasteiger partial charge >= 0.3 is 5.97 Å². The minimum absolute atomic E-state index is 0.186. The lowest BCUT2D eigenvalue weighted by atomic mass is 10.1. The van der Waals surface area contributed by atoms with Gasteiger partial charge in [0.1, 0.15) is 0 Å². The highest BCUT2D eigenvalue weighted by molar-refractivity contribution is 5.96. The molecule has 1 aromatic carbocycles. The Morgan fingerprint density at radius 3 is 2.54 bits per heavy atom. The summed E-state index contributed by atoms with van der Waals surface area (Å²) < 4.78 is 4.62. The molecule has 0 aromatic heterocycles. The van der Waals surface area contributed by atoms with Gasteiger partial charge in [-0.05, 0) is 43.5 Å². The number of likely N-dealkylation sites (tertiary alicyclic amines) is 1. The number of carbonyl (C=O) groups is 3. The van der Waals surface area contributed by atoms with Crippen molar-refractivity contribution in [3.05, 3.63) is 35.4 Å². The van der Waals surface area contributed by atoms with E-state index < -0.39 is 5.97 Å². The van der Waals surface area contributed by atoms with Crippen LogP contribution in [0, 0.1) is 0 Å². The van der Waals surface area contributed by atoms with E-state index in [9.17, 15) is 14.4 Å². The van der Waals surface area contributed by atoms with E-state index in [0.29, 0.717) is 30.6 Å². The van der Waals surface area contributed by atoms with E-state index in [2.05, 4.69) is 10.1 Å². The molecule has 24 heavy (non-hydrogen) atoms. The number of nitrogens with zero attached hydrogens (tertiary/aromatic N) is 1. The van der Waals surface area contributed by atoms with Crippen LogP contribution in [-0.2, 0) is 9.53 Å². The second kappa shape index (κ2) is 9.05. The van der Waals surface area contributed by atoms with Crippen molar-refractivity contribution in [1.82, 2.24) is 10.2 Å². The molecule has 0 bridgehead atoms. The fraction of sp³-hybridized carbons (Fsp3) is 0.500. The lowest BCUT2D eigenvalue weighted by molar-refractivity contribution is -0.130. The number of esters is 1. The van der Waals surface area contributed by atoms with E-state index in [0.717, 1.165) is 32.2 Å². The number of amides is 2. The molecule has 1 aromatic rings. The van der Waals surface area contributed by atoms with Gasteiger partial charge in [0.05, 0.1) is 12.7 Å². The van der Waals surface area contributed by atoms with E-state index in [1.807, 2.05) is 4.90 Å². The van der Waals surface area contributed by atoms with Crippen LogP contribution >= 0.6 is 0 Å². The number of hydrogen-bond donors (Lipinski definition) is 1. The van der Waals surface area contributed by atoms with Crippen LogP contribution in [0.25, 0.3) is 0 Å². The molecule has 0 unspecified atom stereocenters. The first-order valence-electron chi connectivity index (χ1n) is 8.36. The van der Waals surface area contributed by atoms with E-state index in [1.165, 1.54) is 7.11 Å². The van der Waals surface area contributed by atoms with Crippen LogP contribution in [0.1, 0.15) is 52.8 Å². The van der Waals surface area contributed by atoms with Gasteiger partial charge in [0.15, 0.2) is 0 Å². The van der Waals surface area contributed by atoms with Crippen molar-refractivity contribution in [3.8, 4) is 0 Å². The summed E-state index contributed by atoms with van der Waals surface area (Å²) in [6.07, 6.45) is 4.52. The molecule has 0 radical (unpaired) electrons. The molecular formula is C18H24N2O4. The third-order valence-corrected chi connectivity index (χ3v) is 4.13. The van der Waals surface area contributed by atoms with Crippen molar-refractivity contribution in [2.75, 3.05) is 26.7 Å². The number of nitrogens with one attached hydrogen (secondary N) is 1. The predicted molar refractivity (Wildman–Crippen MR) is 89.8 cm³/mol. The van der Waals surface area contributed by atoms with Crippen LogP contribution in [0.4, 0.5) is 0 Å². The fourth-order valence-electron chi connectivity index (χ4n) is 2.72. The number of hydrogen-bond acceptors (Lipinski definition) is 4. The van der Waals surface area contributed by atoms with Gasteiger partial charge < -0.3 is 15.0 Å². The van der Waals surface area contributed by atoms with E-state index in [1.54, 1.807) is 24.3 Å². The standard InChI is InChI=1S/C18H24N2O4/c1-24-18(23)15-9-7-14(8-10-15)17(22)19-11-5-13-20-12-4-2-3-6-16(20)21/h7-10H,2-6,11-13H2,1H3,(H,19,22). The third-order valence-electron chi connectivity index (χ3n) is 4.13. The van der Waals surface area contributed by atoms with Gasteiger partial charge in [-0.2, -0.15) is 0 Å². The highest BCUT2D eigenvalue weighted by Gasteiger charge is 2.16. The predicted octanol–water partition coefficient (Wildman–Crippen LogP) is 2.00. The molecule has 2 amide bonds. The smallest absolute Gasteiger partial charge is 0.337 e. The Morgan fingerprint density at radius 2 is 1.83 bits per heavy atom. The lowest BCUT2D eigenvalue weighted by Gasteiger charge is -2.20. The van der Waals surface area contributed by atoms with Crippen molar-refractivity contribution in [2.24, 2.45) is 0 Å². The average molecular weight is 332 g/mol. The highest BCUT2D eigenvalue weighted by atomic mass is 16.5. The first kappa shape index (κ1) is 18.0. The van der Waals surface area contributed by atoms with Crippen molar-refractivity contribution in [2.45, 2.75) is 32.1 Å².